The lowest BCUT2D eigenvalue weighted by atomic mass is 9.93. The van der Waals surface area contributed by atoms with E-state index >= 15 is 4.39 Å². The van der Waals surface area contributed by atoms with Crippen LogP contribution < -0.4 is 16.0 Å². The average molecular weight is 537 g/mol. The van der Waals surface area contributed by atoms with Gasteiger partial charge in [0.25, 0.3) is 5.56 Å². The number of halogens is 3. The first kappa shape index (κ1) is 26.1. The molecular weight excluding hydrogens is 509 g/mol. The second-order valence-electron chi connectivity index (χ2n) is 9.48. The number of fused-ring (bicyclic) bond motifs is 1. The van der Waals surface area contributed by atoms with Crippen LogP contribution in [0.3, 0.4) is 0 Å². The molecule has 0 amide bonds. The molecule has 8 heteroatoms. The minimum Gasteiger partial charge on any atom is -0.494 e. The van der Waals surface area contributed by atoms with E-state index in [0.29, 0.717) is 21.9 Å². The molecule has 1 aliphatic heterocycles. The summed E-state index contributed by atoms with van der Waals surface area (Å²) in [7, 11) is 1.35. The number of methoxy groups -OCH3 is 1. The maximum atomic E-state index is 15.5. The van der Waals surface area contributed by atoms with Crippen LogP contribution >= 0.6 is 11.8 Å². The van der Waals surface area contributed by atoms with Crippen LogP contribution in [0.15, 0.2) is 70.5 Å². The molecule has 2 N–H and O–H groups in total. The third kappa shape index (κ3) is 4.41. The number of nitrogens with two attached hydrogens (primary N) is 1. The minimum atomic E-state index is -0.681. The fourth-order valence-corrected chi connectivity index (χ4v) is 6.60. The molecule has 0 bridgehead atoms. The fraction of sp³-hybridized carbons (Fsp3) is 0.233. The standard InChI is InChI=1S/C30H27F3N2O2S/c1-16-7-4-8-18(13-16)28(34)24-15-38-30-20(14-21-22(31)10-6-11-23(21)32)17(2)26(29(36)35(24)30)19-9-5-12-25(37-3)27(19)33/h4-13,24,28H,14-15,34H2,1-3H3. The van der Waals surface area contributed by atoms with Gasteiger partial charge >= 0.3 is 0 Å². The first-order chi connectivity index (χ1) is 18.2. The molecule has 2 heterocycles. The minimum absolute atomic E-state index is 0.00381. The zero-order valence-electron chi connectivity index (χ0n) is 21.2. The summed E-state index contributed by atoms with van der Waals surface area (Å²) in [5.74, 6) is -1.56. The molecule has 1 aromatic heterocycles. The highest BCUT2D eigenvalue weighted by Crippen LogP contribution is 2.44. The Hall–Kier alpha value is -3.49. The second-order valence-corrected chi connectivity index (χ2v) is 10.5. The summed E-state index contributed by atoms with van der Waals surface area (Å²) in [5, 5.41) is 0.593. The number of aryl methyl sites for hydroxylation is 1. The summed E-state index contributed by atoms with van der Waals surface area (Å²) >= 11 is 1.42. The maximum Gasteiger partial charge on any atom is 0.260 e. The van der Waals surface area contributed by atoms with Crippen molar-refractivity contribution in [1.82, 2.24) is 4.57 Å². The molecule has 1 aliphatic rings. The van der Waals surface area contributed by atoms with Crippen molar-refractivity contribution in [2.24, 2.45) is 5.73 Å². The number of hydrogen-bond acceptors (Lipinski definition) is 4. The molecule has 0 aliphatic carbocycles. The Kier molecular flexibility index (Phi) is 7.11. The summed E-state index contributed by atoms with van der Waals surface area (Å²) in [4.78, 5) is 14.1. The monoisotopic (exact) mass is 536 g/mol. The lowest BCUT2D eigenvalue weighted by molar-refractivity contribution is 0.387. The van der Waals surface area contributed by atoms with Gasteiger partial charge in [-0.15, -0.1) is 11.8 Å². The topological polar surface area (TPSA) is 57.2 Å². The highest BCUT2D eigenvalue weighted by Gasteiger charge is 2.35. The number of pyridine rings is 1. The third-order valence-electron chi connectivity index (χ3n) is 7.17. The van der Waals surface area contributed by atoms with E-state index in [1.807, 2.05) is 31.2 Å². The van der Waals surface area contributed by atoms with Gasteiger partial charge in [0.15, 0.2) is 11.6 Å². The SMILES string of the molecule is COc1cccc(-c2c(C)c(Cc3c(F)cccc3F)c3n(c2=O)C(C(N)c2cccc(C)c2)CS3)c1F. The van der Waals surface area contributed by atoms with Crippen molar-refractivity contribution in [1.29, 1.82) is 0 Å². The van der Waals surface area contributed by atoms with Crippen molar-refractivity contribution < 1.29 is 17.9 Å². The summed E-state index contributed by atoms with van der Waals surface area (Å²) in [5.41, 5.74) is 9.33. The fourth-order valence-electron chi connectivity index (χ4n) is 5.16. The molecular formula is C30H27F3N2O2S. The van der Waals surface area contributed by atoms with Gasteiger partial charge in [-0.25, -0.2) is 13.2 Å². The van der Waals surface area contributed by atoms with E-state index in [1.165, 1.54) is 49.2 Å². The van der Waals surface area contributed by atoms with Gasteiger partial charge in [-0.3, -0.25) is 9.36 Å². The number of hydrogen-bond donors (Lipinski definition) is 1. The highest BCUT2D eigenvalue weighted by atomic mass is 32.2. The predicted molar refractivity (Wildman–Crippen MR) is 144 cm³/mol. The van der Waals surface area contributed by atoms with Crippen LogP contribution in [-0.4, -0.2) is 17.4 Å². The van der Waals surface area contributed by atoms with Gasteiger partial charge in [-0.05, 0) is 48.7 Å². The summed E-state index contributed by atoms with van der Waals surface area (Å²) in [6, 6.07) is 15.1. The Labute approximate surface area is 223 Å². The van der Waals surface area contributed by atoms with Crippen LogP contribution in [0.2, 0.25) is 0 Å². The van der Waals surface area contributed by atoms with Gasteiger partial charge in [0.05, 0.1) is 29.8 Å². The van der Waals surface area contributed by atoms with Gasteiger partial charge in [-0.2, -0.15) is 0 Å². The number of rotatable bonds is 6. The van der Waals surface area contributed by atoms with Gasteiger partial charge in [0, 0.05) is 23.3 Å². The zero-order valence-corrected chi connectivity index (χ0v) is 22.0. The van der Waals surface area contributed by atoms with Crippen LogP contribution in [0.25, 0.3) is 11.1 Å². The van der Waals surface area contributed by atoms with Gasteiger partial charge in [0.2, 0.25) is 0 Å². The van der Waals surface area contributed by atoms with Crippen molar-refractivity contribution in [2.75, 3.05) is 12.9 Å². The first-order valence-electron chi connectivity index (χ1n) is 12.2. The molecule has 4 nitrogen and oxygen atoms in total. The van der Waals surface area contributed by atoms with Crippen LogP contribution in [-0.2, 0) is 6.42 Å². The number of aromatic nitrogens is 1. The largest absolute Gasteiger partial charge is 0.494 e. The summed E-state index contributed by atoms with van der Waals surface area (Å²) < 4.78 is 51.7. The maximum absolute atomic E-state index is 15.5. The molecule has 196 valence electrons. The molecule has 0 radical (unpaired) electrons. The smallest absolute Gasteiger partial charge is 0.260 e. The van der Waals surface area contributed by atoms with Gasteiger partial charge in [-0.1, -0.05) is 48.0 Å². The van der Waals surface area contributed by atoms with Crippen molar-refractivity contribution in [3.05, 3.63) is 116 Å². The molecule has 4 aromatic rings. The predicted octanol–water partition coefficient (Wildman–Crippen LogP) is 6.50. The number of nitrogens with zero attached hydrogens (tertiary/aromatic N) is 1. The molecule has 2 unspecified atom stereocenters. The van der Waals surface area contributed by atoms with Crippen LogP contribution in [0.5, 0.6) is 5.75 Å². The van der Waals surface area contributed by atoms with Gasteiger partial charge in [0.1, 0.15) is 11.6 Å². The summed E-state index contributed by atoms with van der Waals surface area (Å²) in [6.45, 7) is 3.66. The van der Waals surface area contributed by atoms with Crippen LogP contribution in [0.4, 0.5) is 13.2 Å². The lowest BCUT2D eigenvalue weighted by Crippen LogP contribution is -2.33. The number of benzene rings is 3. The second kappa shape index (κ2) is 10.3. The first-order valence-corrected chi connectivity index (χ1v) is 13.2. The van der Waals surface area contributed by atoms with E-state index in [1.54, 1.807) is 17.6 Å². The summed E-state index contributed by atoms with van der Waals surface area (Å²) in [6.07, 6.45) is -0.0993. The Morgan fingerprint density at radius 3 is 2.39 bits per heavy atom. The Morgan fingerprint density at radius 2 is 1.71 bits per heavy atom. The molecule has 5 rings (SSSR count). The number of ether oxygens (including phenoxy) is 1. The van der Waals surface area contributed by atoms with E-state index in [2.05, 4.69) is 0 Å². The average Bonchev–Trinajstić information content (AvgIpc) is 3.34. The highest BCUT2D eigenvalue weighted by molar-refractivity contribution is 7.99. The van der Waals surface area contributed by atoms with E-state index in [4.69, 9.17) is 10.5 Å². The van der Waals surface area contributed by atoms with Crippen molar-refractivity contribution in [3.63, 3.8) is 0 Å². The Bertz CT molecular complexity index is 1580. The van der Waals surface area contributed by atoms with Crippen molar-refractivity contribution >= 4 is 11.8 Å². The normalized spacial score (nSPS) is 15.4. The molecule has 0 saturated carbocycles. The van der Waals surface area contributed by atoms with E-state index in [9.17, 15) is 13.6 Å². The van der Waals surface area contributed by atoms with Crippen LogP contribution in [0, 0.1) is 31.3 Å². The van der Waals surface area contributed by atoms with Crippen molar-refractivity contribution in [3.8, 4) is 16.9 Å². The molecule has 0 fully saturated rings. The molecule has 3 aromatic carbocycles. The lowest BCUT2D eigenvalue weighted by Gasteiger charge is -2.25. The zero-order chi connectivity index (χ0) is 27.1. The Morgan fingerprint density at radius 1 is 1.03 bits per heavy atom. The molecule has 38 heavy (non-hydrogen) atoms. The Balaban J connectivity index is 1.77. The molecule has 2 atom stereocenters. The van der Waals surface area contributed by atoms with E-state index in [0.717, 1.165) is 11.1 Å². The number of thioether (sulfide) groups is 1. The molecule has 0 saturated heterocycles. The van der Waals surface area contributed by atoms with E-state index < -0.39 is 35.1 Å². The third-order valence-corrected chi connectivity index (χ3v) is 8.39. The quantitative estimate of drug-likeness (QED) is 0.306. The van der Waals surface area contributed by atoms with E-state index in [-0.39, 0.29) is 28.9 Å². The van der Waals surface area contributed by atoms with Crippen LogP contribution in [0.1, 0.15) is 39.9 Å². The van der Waals surface area contributed by atoms with Crippen molar-refractivity contribution in [2.45, 2.75) is 37.4 Å². The molecule has 0 spiro atoms. The van der Waals surface area contributed by atoms with Gasteiger partial charge < -0.3 is 10.5 Å².